The van der Waals surface area contributed by atoms with Crippen LogP contribution in [0.4, 0.5) is 16.2 Å². The van der Waals surface area contributed by atoms with E-state index >= 15 is 0 Å². The lowest BCUT2D eigenvalue weighted by atomic mass is 10.0. The maximum absolute atomic E-state index is 14.1. The molecular formula is C39H51N7O3. The largest absolute Gasteiger partial charge is 0.444 e. The molecule has 0 unspecified atom stereocenters. The highest BCUT2D eigenvalue weighted by Gasteiger charge is 2.28. The molecule has 1 N–H and O–H groups in total. The maximum atomic E-state index is 14.1. The quantitative estimate of drug-likeness (QED) is 0.241. The Morgan fingerprint density at radius 3 is 2.43 bits per heavy atom. The number of fused-ring (bicyclic) bond motifs is 1. The average molecular weight is 666 g/mol. The number of rotatable bonds is 8. The number of nitrogens with one attached hydrogen (secondary N) is 1. The predicted molar refractivity (Wildman–Crippen MR) is 196 cm³/mol. The number of carbonyl (C=O) groups excluding carboxylic acids is 1. The van der Waals surface area contributed by atoms with Crippen molar-refractivity contribution in [1.82, 2.24) is 24.8 Å². The monoisotopic (exact) mass is 665 g/mol. The van der Waals surface area contributed by atoms with Crippen LogP contribution in [0.15, 0.2) is 65.8 Å². The molecule has 0 bridgehead atoms. The second-order valence-electron chi connectivity index (χ2n) is 14.8. The molecule has 0 saturated carbocycles. The Kier molecular flexibility index (Phi) is 10.2. The fourth-order valence-corrected chi connectivity index (χ4v) is 7.21. The van der Waals surface area contributed by atoms with E-state index in [1.807, 2.05) is 66.3 Å². The molecule has 2 fully saturated rings. The van der Waals surface area contributed by atoms with Gasteiger partial charge in [-0.1, -0.05) is 0 Å². The average Bonchev–Trinajstić information content (AvgIpc) is 3.06. The van der Waals surface area contributed by atoms with Gasteiger partial charge in [0.1, 0.15) is 5.60 Å². The van der Waals surface area contributed by atoms with E-state index in [0.717, 1.165) is 97.6 Å². The van der Waals surface area contributed by atoms with Gasteiger partial charge in [0.2, 0.25) is 0 Å². The number of aryl methyl sites for hydroxylation is 3. The van der Waals surface area contributed by atoms with Crippen molar-refractivity contribution in [3.05, 3.63) is 93.8 Å². The molecule has 2 aliphatic rings. The first-order chi connectivity index (χ1) is 23.4. The van der Waals surface area contributed by atoms with Gasteiger partial charge < -0.3 is 24.4 Å². The third-order valence-electron chi connectivity index (χ3n) is 9.72. The predicted octanol–water partition coefficient (Wildman–Crippen LogP) is 6.11. The number of hydrogen-bond acceptors (Lipinski definition) is 8. The number of hydrogen-bond donors (Lipinski definition) is 1. The Morgan fingerprint density at radius 2 is 1.71 bits per heavy atom. The standard InChI is InChI=1S/C39H51N7O3/c1-27-9-10-33(22-41-27)45-17-7-8-34(26-45)46(23-29-13-16-40-28(2)20-29)25-30-24-43(6)36-21-32(11-12-35(36)37(30)47)44-18-14-31(15-19-44)42-38(48)49-39(3,4)5/h9-13,16,20-22,24,31,34H,7-8,14-15,17-19,23,25-26H2,1-6H3,(H,42,48)/t34-/m0/s1. The normalized spacial score (nSPS) is 17.5. The molecule has 0 radical (unpaired) electrons. The number of pyridine rings is 3. The Labute approximate surface area is 290 Å². The first-order valence-corrected chi connectivity index (χ1v) is 17.6. The Morgan fingerprint density at radius 1 is 0.939 bits per heavy atom. The third kappa shape index (κ3) is 8.60. The molecule has 2 aliphatic heterocycles. The second-order valence-corrected chi connectivity index (χ2v) is 14.8. The first kappa shape index (κ1) is 34.4. The minimum Gasteiger partial charge on any atom is -0.444 e. The van der Waals surface area contributed by atoms with Crippen LogP contribution in [0.1, 0.15) is 69.0 Å². The van der Waals surface area contributed by atoms with E-state index in [0.29, 0.717) is 6.54 Å². The number of nitrogens with zero attached hydrogens (tertiary/aromatic N) is 6. The van der Waals surface area contributed by atoms with Crippen molar-refractivity contribution < 1.29 is 9.53 Å². The Bertz CT molecular complexity index is 1820. The van der Waals surface area contributed by atoms with Crippen LogP contribution >= 0.6 is 0 Å². The van der Waals surface area contributed by atoms with Gasteiger partial charge >= 0.3 is 6.09 Å². The number of ether oxygens (including phenoxy) is 1. The molecule has 5 heterocycles. The van der Waals surface area contributed by atoms with Crippen molar-refractivity contribution in [2.45, 2.75) is 91.1 Å². The van der Waals surface area contributed by atoms with Crippen molar-refractivity contribution in [2.75, 3.05) is 36.0 Å². The van der Waals surface area contributed by atoms with Gasteiger partial charge in [-0.05, 0) is 108 Å². The smallest absolute Gasteiger partial charge is 0.407 e. The molecule has 3 aromatic heterocycles. The van der Waals surface area contributed by atoms with Crippen molar-refractivity contribution in [2.24, 2.45) is 7.05 Å². The number of benzene rings is 1. The summed E-state index contributed by atoms with van der Waals surface area (Å²) in [6.45, 7) is 14.5. The van der Waals surface area contributed by atoms with Gasteiger partial charge in [0.25, 0.3) is 0 Å². The van der Waals surface area contributed by atoms with E-state index < -0.39 is 5.60 Å². The zero-order valence-electron chi connectivity index (χ0n) is 29.9. The molecule has 2 saturated heterocycles. The minimum atomic E-state index is -0.514. The van der Waals surface area contributed by atoms with Gasteiger partial charge in [-0.3, -0.25) is 19.7 Å². The van der Waals surface area contributed by atoms with Crippen LogP contribution in [-0.2, 0) is 24.9 Å². The maximum Gasteiger partial charge on any atom is 0.407 e. The van der Waals surface area contributed by atoms with Crippen LogP contribution in [0.2, 0.25) is 0 Å². The minimum absolute atomic E-state index is 0.0854. The summed E-state index contributed by atoms with van der Waals surface area (Å²) in [5.74, 6) is 0. The van der Waals surface area contributed by atoms with Gasteiger partial charge in [-0.2, -0.15) is 0 Å². The zero-order valence-corrected chi connectivity index (χ0v) is 29.9. The summed E-state index contributed by atoms with van der Waals surface area (Å²) in [5, 5.41) is 3.76. The summed E-state index contributed by atoms with van der Waals surface area (Å²) in [5.41, 5.74) is 6.76. The SMILES string of the molecule is Cc1ccc(N2CCC[C@H](N(Cc3ccnc(C)c3)Cc3cn(C)c4cc(N5CCC(NC(=O)OC(C)(C)C)CC5)ccc4c3=O)C2)cn1. The number of alkyl carbamates (subject to hydrolysis) is 1. The molecule has 1 atom stereocenters. The van der Waals surface area contributed by atoms with Crippen LogP contribution in [0, 0.1) is 13.8 Å². The van der Waals surface area contributed by atoms with E-state index in [1.165, 1.54) is 5.56 Å². The zero-order chi connectivity index (χ0) is 34.7. The number of piperidine rings is 2. The summed E-state index contributed by atoms with van der Waals surface area (Å²) < 4.78 is 7.55. The molecule has 0 spiro atoms. The van der Waals surface area contributed by atoms with Gasteiger partial charge in [-0.25, -0.2) is 4.79 Å². The van der Waals surface area contributed by atoms with E-state index in [2.05, 4.69) is 70.9 Å². The first-order valence-electron chi connectivity index (χ1n) is 17.6. The highest BCUT2D eigenvalue weighted by Crippen LogP contribution is 2.27. The highest BCUT2D eigenvalue weighted by atomic mass is 16.6. The Hall–Kier alpha value is -4.44. The van der Waals surface area contributed by atoms with Crippen molar-refractivity contribution in [3.8, 4) is 0 Å². The molecule has 1 aromatic carbocycles. The van der Waals surface area contributed by atoms with Gasteiger partial charge in [0, 0.05) is 98.8 Å². The van der Waals surface area contributed by atoms with Crippen molar-refractivity contribution >= 4 is 28.4 Å². The molecule has 6 rings (SSSR count). The lowest BCUT2D eigenvalue weighted by molar-refractivity contribution is 0.0497. The third-order valence-corrected chi connectivity index (χ3v) is 9.72. The lowest BCUT2D eigenvalue weighted by Gasteiger charge is -2.40. The molecule has 4 aromatic rings. The fourth-order valence-electron chi connectivity index (χ4n) is 7.21. The van der Waals surface area contributed by atoms with Gasteiger partial charge in [-0.15, -0.1) is 0 Å². The summed E-state index contributed by atoms with van der Waals surface area (Å²) in [4.78, 5) is 42.6. The number of aromatic nitrogens is 3. The summed E-state index contributed by atoms with van der Waals surface area (Å²) in [6, 6.07) is 15.0. The van der Waals surface area contributed by atoms with Crippen LogP contribution in [-0.4, -0.2) is 69.4 Å². The lowest BCUT2D eigenvalue weighted by Crippen LogP contribution is -2.48. The van der Waals surface area contributed by atoms with Crippen molar-refractivity contribution in [3.63, 3.8) is 0 Å². The van der Waals surface area contributed by atoms with Crippen LogP contribution in [0.5, 0.6) is 0 Å². The molecule has 1 amide bonds. The molecule has 10 heteroatoms. The highest BCUT2D eigenvalue weighted by molar-refractivity contribution is 5.83. The van der Waals surface area contributed by atoms with E-state index in [-0.39, 0.29) is 23.6 Å². The molecule has 0 aliphatic carbocycles. The molecule has 49 heavy (non-hydrogen) atoms. The van der Waals surface area contributed by atoms with Crippen LogP contribution < -0.4 is 20.5 Å². The summed E-state index contributed by atoms with van der Waals surface area (Å²) in [6.07, 6.45) is 9.34. The Balaban J connectivity index is 1.20. The molecule has 260 valence electrons. The van der Waals surface area contributed by atoms with E-state index in [4.69, 9.17) is 4.74 Å². The van der Waals surface area contributed by atoms with Crippen molar-refractivity contribution in [1.29, 1.82) is 0 Å². The van der Waals surface area contributed by atoms with E-state index in [9.17, 15) is 9.59 Å². The summed E-state index contributed by atoms with van der Waals surface area (Å²) in [7, 11) is 2.04. The van der Waals surface area contributed by atoms with E-state index in [1.54, 1.807) is 0 Å². The van der Waals surface area contributed by atoms with Gasteiger partial charge in [0.05, 0.1) is 17.4 Å². The number of carbonyl (C=O) groups is 1. The van der Waals surface area contributed by atoms with Crippen LogP contribution in [0.3, 0.4) is 0 Å². The van der Waals surface area contributed by atoms with Crippen LogP contribution in [0.25, 0.3) is 10.9 Å². The molecule has 10 nitrogen and oxygen atoms in total. The number of anilines is 2. The van der Waals surface area contributed by atoms with Gasteiger partial charge in [0.15, 0.2) is 5.43 Å². The summed E-state index contributed by atoms with van der Waals surface area (Å²) >= 11 is 0. The molecular weight excluding hydrogens is 614 g/mol. The fraction of sp³-hybridized carbons (Fsp3) is 0.487. The number of amides is 1. The second kappa shape index (κ2) is 14.6. The topological polar surface area (TPSA) is 95.8 Å².